The maximum absolute atomic E-state index is 12.0. The Labute approximate surface area is 201 Å². The predicted octanol–water partition coefficient (Wildman–Crippen LogP) is 5.27. The van der Waals surface area contributed by atoms with Crippen molar-refractivity contribution in [2.75, 3.05) is 40.0 Å². The quantitative estimate of drug-likeness (QED) is 0.242. The normalized spacial score (nSPS) is 11.9. The summed E-state index contributed by atoms with van der Waals surface area (Å²) in [6.07, 6.45) is 11.5. The van der Waals surface area contributed by atoms with Crippen molar-refractivity contribution < 1.29 is 19.0 Å². The minimum atomic E-state index is 0.108. The van der Waals surface area contributed by atoms with Crippen molar-refractivity contribution in [3.05, 3.63) is 23.8 Å². The van der Waals surface area contributed by atoms with Crippen molar-refractivity contribution in [1.82, 2.24) is 5.32 Å². The first-order valence-electron chi connectivity index (χ1n) is 13.0. The highest BCUT2D eigenvalue weighted by atomic mass is 16.5. The van der Waals surface area contributed by atoms with Crippen molar-refractivity contribution in [3.8, 4) is 11.5 Å². The fourth-order valence-corrected chi connectivity index (χ4v) is 3.58. The second-order valence-corrected chi connectivity index (χ2v) is 8.82. The second kappa shape index (κ2) is 19.7. The van der Waals surface area contributed by atoms with E-state index in [1.807, 2.05) is 13.0 Å². The molecule has 0 fully saturated rings. The van der Waals surface area contributed by atoms with E-state index >= 15 is 0 Å². The molecule has 1 aromatic rings. The zero-order valence-electron chi connectivity index (χ0n) is 21.3. The highest BCUT2D eigenvalue weighted by Gasteiger charge is 2.11. The molecule has 0 aliphatic rings. The average molecular weight is 465 g/mol. The zero-order valence-corrected chi connectivity index (χ0v) is 21.3. The van der Waals surface area contributed by atoms with Gasteiger partial charge in [0.2, 0.25) is 5.91 Å². The van der Waals surface area contributed by atoms with Crippen LogP contribution in [-0.4, -0.2) is 45.9 Å². The summed E-state index contributed by atoms with van der Waals surface area (Å²) in [5.41, 5.74) is 6.84. The lowest BCUT2D eigenvalue weighted by Crippen LogP contribution is -2.29. The Bertz CT molecular complexity index is 624. The number of unbranched alkanes of at least 4 members (excludes halogenated alkanes) is 5. The van der Waals surface area contributed by atoms with Gasteiger partial charge >= 0.3 is 0 Å². The van der Waals surface area contributed by atoms with Crippen LogP contribution in [0.4, 0.5) is 0 Å². The third kappa shape index (κ3) is 14.2. The smallest absolute Gasteiger partial charge is 0.222 e. The molecule has 6 nitrogen and oxygen atoms in total. The molecule has 0 heterocycles. The Morgan fingerprint density at radius 2 is 1.70 bits per heavy atom. The van der Waals surface area contributed by atoms with Gasteiger partial charge in [0.05, 0.1) is 13.2 Å². The summed E-state index contributed by atoms with van der Waals surface area (Å²) in [7, 11) is 1.70. The summed E-state index contributed by atoms with van der Waals surface area (Å²) in [6.45, 7) is 7.61. The molecule has 0 aromatic heterocycles. The molecule has 1 amide bonds. The highest BCUT2D eigenvalue weighted by molar-refractivity contribution is 5.78. The van der Waals surface area contributed by atoms with Crippen LogP contribution in [0.1, 0.15) is 83.6 Å². The Hall–Kier alpha value is -1.79. The van der Waals surface area contributed by atoms with Crippen molar-refractivity contribution >= 4 is 5.91 Å². The Kier molecular flexibility index (Phi) is 17.4. The number of carbonyl (C=O) groups excluding carboxylic acids is 1. The Balaban J connectivity index is 2.38. The van der Waals surface area contributed by atoms with Crippen LogP contribution in [-0.2, 0) is 16.0 Å². The van der Waals surface area contributed by atoms with E-state index in [0.717, 1.165) is 82.3 Å². The standard InChI is InChI=1S/C27H48N2O4/c1-4-5-18-29-27(30)23(2)13-8-6-7-9-14-24-15-16-25(32-20-11-10-17-28)26(22-24)33-21-12-19-31-3/h15-16,22-23H,4-14,17-21,28H2,1-3H3,(H,29,30)/t23-/m1/s1. The summed E-state index contributed by atoms with van der Waals surface area (Å²) < 4.78 is 17.1. The van der Waals surface area contributed by atoms with Crippen LogP contribution in [0.2, 0.25) is 0 Å². The SMILES string of the molecule is CCCCNC(=O)[C@H](C)CCCCCCc1ccc(OCCCCN)c(OCCCOC)c1. The zero-order chi connectivity index (χ0) is 24.2. The van der Waals surface area contributed by atoms with E-state index in [0.29, 0.717) is 26.4 Å². The number of nitrogens with one attached hydrogen (secondary N) is 1. The molecule has 1 rings (SSSR count). The van der Waals surface area contributed by atoms with E-state index in [1.54, 1.807) is 7.11 Å². The minimum absolute atomic E-state index is 0.108. The van der Waals surface area contributed by atoms with Gasteiger partial charge in [0.15, 0.2) is 11.5 Å². The largest absolute Gasteiger partial charge is 0.490 e. The lowest BCUT2D eigenvalue weighted by molar-refractivity contribution is -0.124. The molecule has 0 bridgehead atoms. The van der Waals surface area contributed by atoms with Crippen LogP contribution in [0.3, 0.4) is 0 Å². The number of aryl methyl sites for hydroxylation is 1. The Morgan fingerprint density at radius 1 is 0.939 bits per heavy atom. The number of hydrogen-bond acceptors (Lipinski definition) is 5. The molecule has 33 heavy (non-hydrogen) atoms. The highest BCUT2D eigenvalue weighted by Crippen LogP contribution is 2.29. The third-order valence-corrected chi connectivity index (χ3v) is 5.74. The third-order valence-electron chi connectivity index (χ3n) is 5.74. The van der Waals surface area contributed by atoms with Crippen LogP contribution in [0.25, 0.3) is 0 Å². The molecule has 0 spiro atoms. The molecule has 3 N–H and O–H groups in total. The molecule has 190 valence electrons. The van der Waals surface area contributed by atoms with Crippen molar-refractivity contribution in [2.45, 2.75) is 84.5 Å². The number of carbonyl (C=O) groups is 1. The average Bonchev–Trinajstić information content (AvgIpc) is 2.82. The molecule has 6 heteroatoms. The fourth-order valence-electron chi connectivity index (χ4n) is 3.58. The van der Waals surface area contributed by atoms with E-state index in [4.69, 9.17) is 19.9 Å². The predicted molar refractivity (Wildman–Crippen MR) is 136 cm³/mol. The van der Waals surface area contributed by atoms with Crippen molar-refractivity contribution in [1.29, 1.82) is 0 Å². The molecule has 0 aliphatic heterocycles. The van der Waals surface area contributed by atoms with E-state index in [2.05, 4.69) is 24.4 Å². The lowest BCUT2D eigenvalue weighted by atomic mass is 10.00. The van der Waals surface area contributed by atoms with Crippen LogP contribution in [0, 0.1) is 5.92 Å². The van der Waals surface area contributed by atoms with Crippen LogP contribution >= 0.6 is 0 Å². The van der Waals surface area contributed by atoms with Gasteiger partial charge in [0, 0.05) is 32.6 Å². The van der Waals surface area contributed by atoms with Crippen molar-refractivity contribution in [2.24, 2.45) is 11.7 Å². The maximum Gasteiger partial charge on any atom is 0.222 e. The van der Waals surface area contributed by atoms with E-state index in [9.17, 15) is 4.79 Å². The van der Waals surface area contributed by atoms with Gasteiger partial charge in [-0.2, -0.15) is 0 Å². The fraction of sp³-hybridized carbons (Fsp3) is 0.741. The minimum Gasteiger partial charge on any atom is -0.490 e. The van der Waals surface area contributed by atoms with Crippen LogP contribution < -0.4 is 20.5 Å². The number of rotatable bonds is 21. The molecule has 0 aliphatic carbocycles. The van der Waals surface area contributed by atoms with Gasteiger partial charge in [0.25, 0.3) is 0 Å². The number of nitrogens with two attached hydrogens (primary N) is 1. The lowest BCUT2D eigenvalue weighted by Gasteiger charge is -2.14. The molecular formula is C27H48N2O4. The van der Waals surface area contributed by atoms with E-state index in [-0.39, 0.29) is 11.8 Å². The summed E-state index contributed by atoms with van der Waals surface area (Å²) in [6, 6.07) is 6.29. The molecule has 1 atom stereocenters. The first-order valence-corrected chi connectivity index (χ1v) is 13.0. The second-order valence-electron chi connectivity index (χ2n) is 8.82. The van der Waals surface area contributed by atoms with Gasteiger partial charge in [-0.3, -0.25) is 4.79 Å². The Morgan fingerprint density at radius 3 is 2.45 bits per heavy atom. The molecule has 0 radical (unpaired) electrons. The van der Waals surface area contributed by atoms with E-state index < -0.39 is 0 Å². The molecular weight excluding hydrogens is 416 g/mol. The maximum atomic E-state index is 12.0. The topological polar surface area (TPSA) is 82.8 Å². The van der Waals surface area contributed by atoms with Crippen molar-refractivity contribution in [3.63, 3.8) is 0 Å². The number of methoxy groups -OCH3 is 1. The number of amides is 1. The summed E-state index contributed by atoms with van der Waals surface area (Å²) in [4.78, 5) is 12.0. The summed E-state index contributed by atoms with van der Waals surface area (Å²) in [5.74, 6) is 1.93. The van der Waals surface area contributed by atoms with Crippen LogP contribution in [0.15, 0.2) is 18.2 Å². The number of hydrogen-bond donors (Lipinski definition) is 2. The first kappa shape index (κ1) is 29.2. The number of benzene rings is 1. The van der Waals surface area contributed by atoms with Gasteiger partial charge in [-0.05, 0) is 62.8 Å². The van der Waals surface area contributed by atoms with Gasteiger partial charge in [-0.15, -0.1) is 0 Å². The first-order chi connectivity index (χ1) is 16.1. The summed E-state index contributed by atoms with van der Waals surface area (Å²) >= 11 is 0. The molecule has 1 aromatic carbocycles. The van der Waals surface area contributed by atoms with Gasteiger partial charge in [-0.1, -0.05) is 45.6 Å². The molecule has 0 saturated heterocycles. The van der Waals surface area contributed by atoms with Crippen LogP contribution in [0.5, 0.6) is 11.5 Å². The molecule has 0 saturated carbocycles. The molecule has 0 unspecified atom stereocenters. The van der Waals surface area contributed by atoms with E-state index in [1.165, 1.54) is 12.0 Å². The van der Waals surface area contributed by atoms with Gasteiger partial charge < -0.3 is 25.3 Å². The number of ether oxygens (including phenoxy) is 3. The van der Waals surface area contributed by atoms with Gasteiger partial charge in [-0.25, -0.2) is 0 Å². The monoisotopic (exact) mass is 464 g/mol. The summed E-state index contributed by atoms with van der Waals surface area (Å²) in [5, 5.41) is 3.03. The van der Waals surface area contributed by atoms with Gasteiger partial charge in [0.1, 0.15) is 0 Å².